The number of nitrogens with one attached hydrogen (secondary N) is 1. The summed E-state index contributed by atoms with van der Waals surface area (Å²) in [4.78, 5) is 22.1. The lowest BCUT2D eigenvalue weighted by molar-refractivity contribution is -0.163. The third kappa shape index (κ3) is 3.01. The molecule has 0 fully saturated rings. The molecule has 1 rings (SSSR count). The molecule has 3 N–H and O–H groups in total. The Labute approximate surface area is 105 Å². The van der Waals surface area contributed by atoms with Crippen LogP contribution in [0.3, 0.4) is 0 Å². The Balaban J connectivity index is 3.05. The summed E-state index contributed by atoms with van der Waals surface area (Å²) < 4.78 is 49.5. The summed E-state index contributed by atoms with van der Waals surface area (Å²) in [6.45, 7) is 1.34. The number of primary amides is 1. The number of anilines is 1. The van der Waals surface area contributed by atoms with Crippen LogP contribution in [0.2, 0.25) is 0 Å². The summed E-state index contributed by atoms with van der Waals surface area (Å²) in [6.07, 6.45) is -4.12. The first-order chi connectivity index (χ1) is 8.67. The van der Waals surface area contributed by atoms with Crippen molar-refractivity contribution in [1.29, 1.82) is 0 Å². The van der Waals surface area contributed by atoms with Crippen LogP contribution in [0.1, 0.15) is 15.9 Å². The zero-order chi connectivity index (χ0) is 14.8. The molecule has 8 heteroatoms. The van der Waals surface area contributed by atoms with Gasteiger partial charge in [0.25, 0.3) is 0 Å². The second-order valence-electron chi connectivity index (χ2n) is 3.72. The molecule has 1 aromatic carbocycles. The van der Waals surface area contributed by atoms with Crippen LogP contribution < -0.4 is 11.1 Å². The van der Waals surface area contributed by atoms with Crippen LogP contribution in [0.5, 0.6) is 0 Å². The fourth-order valence-electron chi connectivity index (χ4n) is 1.34. The lowest BCUT2D eigenvalue weighted by atomic mass is 10.1. The van der Waals surface area contributed by atoms with Crippen molar-refractivity contribution >= 4 is 17.5 Å². The highest BCUT2D eigenvalue weighted by Gasteiger charge is 2.49. The highest BCUT2D eigenvalue weighted by Crippen LogP contribution is 2.26. The highest BCUT2D eigenvalue weighted by atomic mass is 19.3. The Morgan fingerprint density at radius 2 is 1.89 bits per heavy atom. The molecule has 0 saturated carbocycles. The van der Waals surface area contributed by atoms with Crippen molar-refractivity contribution in [2.75, 3.05) is 5.32 Å². The number of alkyl halides is 4. The fourth-order valence-corrected chi connectivity index (χ4v) is 1.34. The number of hydrogen-bond acceptors (Lipinski definition) is 2. The van der Waals surface area contributed by atoms with Crippen molar-refractivity contribution in [3.8, 4) is 0 Å². The first kappa shape index (κ1) is 14.9. The molecule has 0 spiro atoms. The van der Waals surface area contributed by atoms with Gasteiger partial charge in [-0.15, -0.1) is 0 Å². The van der Waals surface area contributed by atoms with Crippen molar-refractivity contribution in [1.82, 2.24) is 0 Å². The predicted molar refractivity (Wildman–Crippen MR) is 59.3 cm³/mol. The SMILES string of the molecule is Cc1c(NC(=O)C(F)(F)C(F)F)cccc1C(N)=O. The zero-order valence-electron chi connectivity index (χ0n) is 9.72. The molecule has 0 bridgehead atoms. The summed E-state index contributed by atoms with van der Waals surface area (Å²) in [5.41, 5.74) is 4.97. The van der Waals surface area contributed by atoms with E-state index >= 15 is 0 Å². The first-order valence-electron chi connectivity index (χ1n) is 5.04. The molecule has 0 saturated heterocycles. The average molecular weight is 278 g/mol. The largest absolute Gasteiger partial charge is 0.383 e. The number of amides is 2. The lowest BCUT2D eigenvalue weighted by Crippen LogP contribution is -2.41. The van der Waals surface area contributed by atoms with Gasteiger partial charge < -0.3 is 11.1 Å². The van der Waals surface area contributed by atoms with E-state index in [1.165, 1.54) is 25.1 Å². The Kier molecular flexibility index (Phi) is 4.13. The van der Waals surface area contributed by atoms with Gasteiger partial charge in [0.2, 0.25) is 5.91 Å². The molecule has 0 aliphatic carbocycles. The summed E-state index contributed by atoms with van der Waals surface area (Å²) in [6, 6.07) is 3.79. The van der Waals surface area contributed by atoms with Crippen LogP contribution in [0.4, 0.5) is 23.2 Å². The normalized spacial score (nSPS) is 11.5. The number of halogens is 4. The van der Waals surface area contributed by atoms with Crippen LogP contribution in [-0.2, 0) is 4.79 Å². The van der Waals surface area contributed by atoms with Gasteiger partial charge in [-0.2, -0.15) is 8.78 Å². The number of carbonyl (C=O) groups is 2. The third-order valence-electron chi connectivity index (χ3n) is 2.42. The average Bonchev–Trinajstić information content (AvgIpc) is 2.30. The van der Waals surface area contributed by atoms with E-state index in [9.17, 15) is 27.2 Å². The smallest absolute Gasteiger partial charge is 0.366 e. The van der Waals surface area contributed by atoms with Crippen LogP contribution in [0.15, 0.2) is 18.2 Å². The van der Waals surface area contributed by atoms with Gasteiger partial charge in [0, 0.05) is 11.3 Å². The first-order valence-corrected chi connectivity index (χ1v) is 5.04. The second-order valence-corrected chi connectivity index (χ2v) is 3.72. The fraction of sp³-hybridized carbons (Fsp3) is 0.273. The third-order valence-corrected chi connectivity index (χ3v) is 2.42. The molecule has 0 heterocycles. The molecule has 19 heavy (non-hydrogen) atoms. The summed E-state index contributed by atoms with van der Waals surface area (Å²) in [7, 11) is 0. The molecule has 2 amide bonds. The van der Waals surface area contributed by atoms with E-state index in [1.54, 1.807) is 5.32 Å². The number of hydrogen-bond donors (Lipinski definition) is 2. The minimum absolute atomic E-state index is 0.00170. The van der Waals surface area contributed by atoms with Gasteiger partial charge in [0.15, 0.2) is 0 Å². The van der Waals surface area contributed by atoms with E-state index in [0.717, 1.165) is 0 Å². The van der Waals surface area contributed by atoms with Crippen molar-refractivity contribution in [3.05, 3.63) is 29.3 Å². The molecule has 104 valence electrons. The number of carbonyl (C=O) groups excluding carboxylic acids is 2. The van der Waals surface area contributed by atoms with Gasteiger partial charge in [-0.1, -0.05) is 6.07 Å². The monoisotopic (exact) mass is 278 g/mol. The Morgan fingerprint density at radius 3 is 2.37 bits per heavy atom. The van der Waals surface area contributed by atoms with Gasteiger partial charge >= 0.3 is 18.3 Å². The maximum atomic E-state index is 12.8. The summed E-state index contributed by atoms with van der Waals surface area (Å²) in [5, 5.41) is 1.65. The van der Waals surface area contributed by atoms with Gasteiger partial charge in [-0.25, -0.2) is 8.78 Å². The van der Waals surface area contributed by atoms with Gasteiger partial charge in [-0.05, 0) is 24.6 Å². The van der Waals surface area contributed by atoms with E-state index in [2.05, 4.69) is 0 Å². The van der Waals surface area contributed by atoms with Gasteiger partial charge in [-0.3, -0.25) is 9.59 Å². The van der Waals surface area contributed by atoms with Gasteiger partial charge in [0.1, 0.15) is 0 Å². The standard InChI is InChI=1S/C11H10F4N2O2/c1-5-6(8(16)18)3-2-4-7(5)17-10(19)11(14,15)9(12)13/h2-4,9H,1H3,(H2,16,18)(H,17,19). The number of benzene rings is 1. The minimum atomic E-state index is -4.81. The van der Waals surface area contributed by atoms with E-state index in [1.807, 2.05) is 0 Å². The van der Waals surface area contributed by atoms with Crippen LogP contribution in [-0.4, -0.2) is 24.2 Å². The van der Waals surface area contributed by atoms with E-state index in [-0.39, 0.29) is 16.8 Å². The molecule has 0 aliphatic heterocycles. The van der Waals surface area contributed by atoms with Crippen LogP contribution >= 0.6 is 0 Å². The summed E-state index contributed by atoms with van der Waals surface area (Å²) in [5.74, 6) is -7.78. The number of rotatable bonds is 4. The van der Waals surface area contributed by atoms with E-state index in [4.69, 9.17) is 5.73 Å². The van der Waals surface area contributed by atoms with Crippen LogP contribution in [0, 0.1) is 6.92 Å². The van der Waals surface area contributed by atoms with Crippen molar-refractivity contribution in [2.24, 2.45) is 5.73 Å². The lowest BCUT2D eigenvalue weighted by Gasteiger charge is -2.16. The van der Waals surface area contributed by atoms with Crippen molar-refractivity contribution in [2.45, 2.75) is 19.3 Å². The molecule has 0 atom stereocenters. The van der Waals surface area contributed by atoms with Crippen molar-refractivity contribution in [3.63, 3.8) is 0 Å². The topological polar surface area (TPSA) is 72.2 Å². The Bertz CT molecular complexity index is 517. The highest BCUT2D eigenvalue weighted by molar-refractivity contribution is 6.00. The second kappa shape index (κ2) is 5.25. The quantitative estimate of drug-likeness (QED) is 0.826. The Hall–Kier alpha value is -2.12. The molecule has 0 radical (unpaired) electrons. The molecular formula is C11H10F4N2O2. The molecule has 0 aromatic heterocycles. The van der Waals surface area contributed by atoms with Crippen LogP contribution in [0.25, 0.3) is 0 Å². The molecule has 1 aromatic rings. The molecular weight excluding hydrogens is 268 g/mol. The maximum Gasteiger partial charge on any atom is 0.383 e. The van der Waals surface area contributed by atoms with Crippen molar-refractivity contribution < 1.29 is 27.2 Å². The Morgan fingerprint density at radius 1 is 1.32 bits per heavy atom. The van der Waals surface area contributed by atoms with Gasteiger partial charge in [0.05, 0.1) is 0 Å². The van der Waals surface area contributed by atoms with E-state index in [0.29, 0.717) is 0 Å². The zero-order valence-corrected chi connectivity index (χ0v) is 9.72. The molecule has 0 unspecified atom stereocenters. The predicted octanol–water partition coefficient (Wildman–Crippen LogP) is 1.93. The van der Waals surface area contributed by atoms with E-state index < -0.39 is 24.2 Å². The number of nitrogens with two attached hydrogens (primary N) is 1. The molecule has 4 nitrogen and oxygen atoms in total. The maximum absolute atomic E-state index is 12.8. The summed E-state index contributed by atoms with van der Waals surface area (Å²) >= 11 is 0. The minimum Gasteiger partial charge on any atom is -0.366 e. The molecule has 0 aliphatic rings.